The number of amides is 1. The fraction of sp³-hybridized carbons (Fsp3) is 0.875. The van der Waals surface area contributed by atoms with Gasteiger partial charge in [-0.1, -0.05) is 13.8 Å². The Morgan fingerprint density at radius 1 is 1.75 bits per heavy atom. The highest BCUT2D eigenvalue weighted by molar-refractivity contribution is 5.67. The maximum atomic E-state index is 10.9. The summed E-state index contributed by atoms with van der Waals surface area (Å²) in [4.78, 5) is 10.9. The third-order valence-electron chi connectivity index (χ3n) is 1.77. The Morgan fingerprint density at radius 2 is 2.42 bits per heavy atom. The number of rotatable bonds is 2. The Labute approximate surface area is 72.8 Å². The standard InChI is InChI=1S/C8H16N2O2/c1-6(2)4-7-5-10(3)9-8(11)12-7/h6-7H,4-5H2,1-3H3,(H,9,11). The summed E-state index contributed by atoms with van der Waals surface area (Å²) in [6.45, 7) is 5.01. The Morgan fingerprint density at radius 3 is 2.92 bits per heavy atom. The zero-order valence-corrected chi connectivity index (χ0v) is 7.83. The highest BCUT2D eigenvalue weighted by atomic mass is 16.6. The molecule has 0 aromatic heterocycles. The van der Waals surface area contributed by atoms with Crippen molar-refractivity contribution < 1.29 is 9.53 Å². The van der Waals surface area contributed by atoms with Crippen LogP contribution in [0.1, 0.15) is 20.3 Å². The quantitative estimate of drug-likeness (QED) is 0.675. The van der Waals surface area contributed by atoms with Crippen LogP contribution in [0, 0.1) is 5.92 Å². The van der Waals surface area contributed by atoms with Gasteiger partial charge in [0.05, 0.1) is 6.54 Å². The third kappa shape index (κ3) is 2.70. The van der Waals surface area contributed by atoms with Gasteiger partial charge in [0.1, 0.15) is 6.10 Å². The molecule has 1 aliphatic rings. The molecule has 1 rings (SSSR count). The molecule has 1 aliphatic heterocycles. The van der Waals surface area contributed by atoms with Gasteiger partial charge in [-0.3, -0.25) is 5.43 Å². The van der Waals surface area contributed by atoms with Gasteiger partial charge >= 0.3 is 6.09 Å². The number of hydrogen-bond acceptors (Lipinski definition) is 3. The van der Waals surface area contributed by atoms with Crippen molar-refractivity contribution in [3.8, 4) is 0 Å². The van der Waals surface area contributed by atoms with Crippen LogP contribution in [-0.4, -0.2) is 30.8 Å². The minimum absolute atomic E-state index is 0.0451. The molecule has 0 saturated carbocycles. The van der Waals surface area contributed by atoms with E-state index < -0.39 is 0 Å². The molecule has 1 amide bonds. The summed E-state index contributed by atoms with van der Waals surface area (Å²) < 4.78 is 5.08. The van der Waals surface area contributed by atoms with E-state index in [0.29, 0.717) is 5.92 Å². The van der Waals surface area contributed by atoms with E-state index in [1.165, 1.54) is 0 Å². The van der Waals surface area contributed by atoms with Gasteiger partial charge in [-0.2, -0.15) is 0 Å². The summed E-state index contributed by atoms with van der Waals surface area (Å²) in [7, 11) is 1.84. The van der Waals surface area contributed by atoms with Crippen molar-refractivity contribution in [2.24, 2.45) is 5.92 Å². The van der Waals surface area contributed by atoms with Crippen molar-refractivity contribution in [3.05, 3.63) is 0 Å². The summed E-state index contributed by atoms with van der Waals surface area (Å²) in [5, 5.41) is 1.76. The highest BCUT2D eigenvalue weighted by Crippen LogP contribution is 2.11. The molecule has 4 nitrogen and oxygen atoms in total. The monoisotopic (exact) mass is 172 g/mol. The molecule has 1 heterocycles. The van der Waals surface area contributed by atoms with Gasteiger partial charge in [0.2, 0.25) is 0 Å². The molecule has 1 unspecified atom stereocenters. The van der Waals surface area contributed by atoms with E-state index in [2.05, 4.69) is 19.3 Å². The van der Waals surface area contributed by atoms with Crippen molar-refractivity contribution in [2.45, 2.75) is 26.4 Å². The first kappa shape index (κ1) is 9.32. The molecule has 0 aliphatic carbocycles. The van der Waals surface area contributed by atoms with Crippen molar-refractivity contribution in [2.75, 3.05) is 13.6 Å². The molecule has 1 saturated heterocycles. The van der Waals surface area contributed by atoms with Crippen LogP contribution >= 0.6 is 0 Å². The minimum atomic E-state index is -0.339. The predicted octanol–water partition coefficient (Wildman–Crippen LogP) is 0.988. The predicted molar refractivity (Wildman–Crippen MR) is 45.5 cm³/mol. The van der Waals surface area contributed by atoms with Gasteiger partial charge in [-0.15, -0.1) is 0 Å². The lowest BCUT2D eigenvalue weighted by atomic mass is 10.1. The van der Waals surface area contributed by atoms with Crippen LogP contribution in [-0.2, 0) is 4.74 Å². The number of carbonyl (C=O) groups excluding carboxylic acids is 1. The number of hydrazine groups is 1. The molecule has 0 radical (unpaired) electrons. The number of carbonyl (C=O) groups is 1. The average Bonchev–Trinajstić information content (AvgIpc) is 1.81. The number of likely N-dealkylation sites (N-methyl/N-ethyl adjacent to an activating group) is 1. The summed E-state index contributed by atoms with van der Waals surface area (Å²) in [6.07, 6.45) is 0.635. The van der Waals surface area contributed by atoms with Crippen molar-refractivity contribution in [3.63, 3.8) is 0 Å². The summed E-state index contributed by atoms with van der Waals surface area (Å²) in [5.74, 6) is 0.564. The Bertz CT molecular complexity index is 168. The van der Waals surface area contributed by atoms with E-state index >= 15 is 0 Å². The summed E-state index contributed by atoms with van der Waals surface area (Å²) in [5.41, 5.74) is 2.55. The first-order chi connectivity index (χ1) is 5.58. The van der Waals surface area contributed by atoms with Gasteiger partial charge in [-0.25, -0.2) is 9.80 Å². The topological polar surface area (TPSA) is 41.6 Å². The summed E-state index contributed by atoms with van der Waals surface area (Å²) >= 11 is 0. The Balaban J connectivity index is 2.39. The van der Waals surface area contributed by atoms with Crippen LogP contribution in [0.15, 0.2) is 0 Å². The van der Waals surface area contributed by atoms with E-state index in [-0.39, 0.29) is 12.2 Å². The second kappa shape index (κ2) is 3.76. The van der Waals surface area contributed by atoms with Gasteiger partial charge in [0, 0.05) is 7.05 Å². The minimum Gasteiger partial charge on any atom is -0.444 e. The van der Waals surface area contributed by atoms with E-state index in [4.69, 9.17) is 4.74 Å². The largest absolute Gasteiger partial charge is 0.444 e. The smallest absolute Gasteiger partial charge is 0.422 e. The normalized spacial score (nSPS) is 25.3. The number of nitrogens with zero attached hydrogens (tertiary/aromatic N) is 1. The van der Waals surface area contributed by atoms with Gasteiger partial charge < -0.3 is 4.74 Å². The lowest BCUT2D eigenvalue weighted by molar-refractivity contribution is 0.00522. The van der Waals surface area contributed by atoms with Crippen LogP contribution in [0.3, 0.4) is 0 Å². The average molecular weight is 172 g/mol. The molecular weight excluding hydrogens is 156 g/mol. The zero-order chi connectivity index (χ0) is 9.14. The molecular formula is C8H16N2O2. The molecule has 12 heavy (non-hydrogen) atoms. The summed E-state index contributed by atoms with van der Waals surface area (Å²) in [6, 6.07) is 0. The molecule has 1 fully saturated rings. The van der Waals surface area contributed by atoms with E-state index in [1.54, 1.807) is 5.01 Å². The molecule has 4 heteroatoms. The van der Waals surface area contributed by atoms with E-state index in [1.807, 2.05) is 7.05 Å². The lowest BCUT2D eigenvalue weighted by Crippen LogP contribution is -2.51. The van der Waals surface area contributed by atoms with Crippen LogP contribution in [0.4, 0.5) is 4.79 Å². The van der Waals surface area contributed by atoms with Gasteiger partial charge in [0.15, 0.2) is 0 Å². The number of nitrogens with one attached hydrogen (secondary N) is 1. The first-order valence-corrected chi connectivity index (χ1v) is 4.26. The van der Waals surface area contributed by atoms with Gasteiger partial charge in [-0.05, 0) is 12.3 Å². The molecule has 70 valence electrons. The van der Waals surface area contributed by atoms with Gasteiger partial charge in [0.25, 0.3) is 0 Å². The Kier molecular flexibility index (Phi) is 2.92. The van der Waals surface area contributed by atoms with E-state index in [9.17, 15) is 4.79 Å². The van der Waals surface area contributed by atoms with Crippen molar-refractivity contribution in [1.82, 2.24) is 10.4 Å². The maximum Gasteiger partial charge on any atom is 0.422 e. The fourth-order valence-electron chi connectivity index (χ4n) is 1.37. The second-order valence-electron chi connectivity index (χ2n) is 3.65. The first-order valence-electron chi connectivity index (χ1n) is 4.26. The molecule has 0 aromatic rings. The second-order valence-corrected chi connectivity index (χ2v) is 3.65. The number of hydrogen-bond donors (Lipinski definition) is 1. The molecule has 0 aromatic carbocycles. The fourth-order valence-corrected chi connectivity index (χ4v) is 1.37. The van der Waals surface area contributed by atoms with Crippen LogP contribution in [0.2, 0.25) is 0 Å². The molecule has 0 spiro atoms. The lowest BCUT2D eigenvalue weighted by Gasteiger charge is -2.30. The highest BCUT2D eigenvalue weighted by Gasteiger charge is 2.23. The van der Waals surface area contributed by atoms with Crippen LogP contribution in [0.25, 0.3) is 0 Å². The van der Waals surface area contributed by atoms with Crippen molar-refractivity contribution in [1.29, 1.82) is 0 Å². The third-order valence-corrected chi connectivity index (χ3v) is 1.77. The molecule has 1 atom stereocenters. The van der Waals surface area contributed by atoms with Crippen LogP contribution < -0.4 is 5.43 Å². The SMILES string of the molecule is CC(C)CC1CN(C)NC(=O)O1. The van der Waals surface area contributed by atoms with E-state index in [0.717, 1.165) is 13.0 Å². The van der Waals surface area contributed by atoms with Crippen LogP contribution in [0.5, 0.6) is 0 Å². The van der Waals surface area contributed by atoms with Crippen molar-refractivity contribution >= 4 is 6.09 Å². The zero-order valence-electron chi connectivity index (χ0n) is 7.83. The molecule has 1 N–H and O–H groups in total. The number of ether oxygens (including phenoxy) is 1. The maximum absolute atomic E-state index is 10.9. The Hall–Kier alpha value is -0.770. The number of cyclic esters (lactones) is 1. The molecule has 0 bridgehead atoms.